The highest BCUT2D eigenvalue weighted by atomic mass is 16.5. The number of ether oxygens (including phenoxy) is 1. The minimum Gasteiger partial charge on any atom is -0.465 e. The number of ketones is 1. The SMILES string of the molecule is CCCCOC(=O)[C@@H](C)C(=O)CC[C@H](C)CC. The summed E-state index contributed by atoms with van der Waals surface area (Å²) in [6, 6.07) is 0. The number of carbonyl (C=O) groups is 2. The largest absolute Gasteiger partial charge is 0.465 e. The molecular formula is C14H26O3. The standard InChI is InChI=1S/C14H26O3/c1-5-7-10-17-14(16)12(4)13(15)9-8-11(3)6-2/h11-12H,5-10H2,1-4H3/t11-,12+/m1/s1. The molecule has 0 spiro atoms. The Balaban J connectivity index is 3.90. The van der Waals surface area contributed by atoms with E-state index in [0.717, 1.165) is 25.7 Å². The Morgan fingerprint density at radius 2 is 1.82 bits per heavy atom. The minimum atomic E-state index is -0.601. The summed E-state index contributed by atoms with van der Waals surface area (Å²) in [7, 11) is 0. The van der Waals surface area contributed by atoms with Crippen LogP contribution >= 0.6 is 0 Å². The normalized spacial score (nSPS) is 14.1. The summed E-state index contributed by atoms with van der Waals surface area (Å²) in [5, 5.41) is 0. The van der Waals surface area contributed by atoms with Crippen molar-refractivity contribution >= 4 is 11.8 Å². The highest BCUT2D eigenvalue weighted by Crippen LogP contribution is 2.13. The summed E-state index contributed by atoms with van der Waals surface area (Å²) in [5.41, 5.74) is 0. The second-order valence-corrected chi connectivity index (χ2v) is 4.76. The van der Waals surface area contributed by atoms with E-state index in [0.29, 0.717) is 18.9 Å². The lowest BCUT2D eigenvalue weighted by atomic mass is 9.96. The molecule has 0 saturated carbocycles. The summed E-state index contributed by atoms with van der Waals surface area (Å²) >= 11 is 0. The van der Waals surface area contributed by atoms with Crippen LogP contribution in [0.1, 0.15) is 59.8 Å². The molecular weight excluding hydrogens is 216 g/mol. The van der Waals surface area contributed by atoms with E-state index in [4.69, 9.17) is 4.74 Å². The van der Waals surface area contributed by atoms with Gasteiger partial charge in [-0.2, -0.15) is 0 Å². The van der Waals surface area contributed by atoms with Crippen molar-refractivity contribution in [2.45, 2.75) is 59.8 Å². The molecule has 3 nitrogen and oxygen atoms in total. The maximum absolute atomic E-state index is 11.7. The molecule has 0 aliphatic rings. The van der Waals surface area contributed by atoms with Crippen LogP contribution in [-0.4, -0.2) is 18.4 Å². The van der Waals surface area contributed by atoms with Gasteiger partial charge in [0.2, 0.25) is 0 Å². The Morgan fingerprint density at radius 3 is 2.35 bits per heavy atom. The second kappa shape index (κ2) is 9.20. The van der Waals surface area contributed by atoms with E-state index >= 15 is 0 Å². The molecule has 0 unspecified atom stereocenters. The first-order chi connectivity index (χ1) is 8.02. The predicted octanol–water partition coefficient (Wildman–Crippen LogP) is 3.36. The first kappa shape index (κ1) is 16.1. The Hall–Kier alpha value is -0.860. The number of esters is 1. The number of hydrogen-bond donors (Lipinski definition) is 0. The lowest BCUT2D eigenvalue weighted by Gasteiger charge is -2.12. The molecule has 100 valence electrons. The first-order valence-electron chi connectivity index (χ1n) is 6.72. The van der Waals surface area contributed by atoms with Gasteiger partial charge in [-0.25, -0.2) is 0 Å². The number of carbonyl (C=O) groups excluding carboxylic acids is 2. The topological polar surface area (TPSA) is 43.4 Å². The van der Waals surface area contributed by atoms with Gasteiger partial charge in [-0.1, -0.05) is 33.6 Å². The van der Waals surface area contributed by atoms with E-state index in [1.165, 1.54) is 0 Å². The molecule has 17 heavy (non-hydrogen) atoms. The Labute approximate surface area is 105 Å². The summed E-state index contributed by atoms with van der Waals surface area (Å²) in [4.78, 5) is 23.3. The van der Waals surface area contributed by atoms with Gasteiger partial charge in [0, 0.05) is 6.42 Å². The molecule has 0 heterocycles. The zero-order valence-electron chi connectivity index (χ0n) is 11.6. The maximum Gasteiger partial charge on any atom is 0.316 e. The van der Waals surface area contributed by atoms with Gasteiger partial charge in [0.05, 0.1) is 6.61 Å². The fraction of sp³-hybridized carbons (Fsp3) is 0.857. The third-order valence-corrected chi connectivity index (χ3v) is 3.16. The van der Waals surface area contributed by atoms with Crippen LogP contribution in [-0.2, 0) is 14.3 Å². The van der Waals surface area contributed by atoms with Crippen molar-refractivity contribution in [1.82, 2.24) is 0 Å². The van der Waals surface area contributed by atoms with E-state index < -0.39 is 5.92 Å². The molecule has 0 aromatic heterocycles. The number of Topliss-reactive ketones (excluding diaryl/α,β-unsaturated/α-hetero) is 1. The van der Waals surface area contributed by atoms with Gasteiger partial charge < -0.3 is 4.74 Å². The zero-order valence-corrected chi connectivity index (χ0v) is 11.6. The minimum absolute atomic E-state index is 0.00629. The van der Waals surface area contributed by atoms with Crippen LogP contribution in [0.5, 0.6) is 0 Å². The van der Waals surface area contributed by atoms with E-state index in [2.05, 4.69) is 13.8 Å². The smallest absolute Gasteiger partial charge is 0.316 e. The lowest BCUT2D eigenvalue weighted by molar-refractivity contribution is -0.151. The van der Waals surface area contributed by atoms with Gasteiger partial charge >= 0.3 is 5.97 Å². The summed E-state index contributed by atoms with van der Waals surface area (Å²) in [6.45, 7) is 8.34. The van der Waals surface area contributed by atoms with Gasteiger partial charge in [-0.3, -0.25) is 9.59 Å². The Morgan fingerprint density at radius 1 is 1.18 bits per heavy atom. The number of unbranched alkanes of at least 4 members (excludes halogenated alkanes) is 1. The molecule has 0 N–H and O–H groups in total. The quantitative estimate of drug-likeness (QED) is 0.354. The Bertz CT molecular complexity index is 236. The summed E-state index contributed by atoms with van der Waals surface area (Å²) in [5.74, 6) is -0.419. The van der Waals surface area contributed by atoms with Gasteiger partial charge in [0.25, 0.3) is 0 Å². The molecule has 0 fully saturated rings. The van der Waals surface area contributed by atoms with E-state index in [1.54, 1.807) is 6.92 Å². The van der Waals surface area contributed by atoms with Crippen molar-refractivity contribution in [2.24, 2.45) is 11.8 Å². The van der Waals surface area contributed by atoms with Crippen molar-refractivity contribution < 1.29 is 14.3 Å². The molecule has 0 radical (unpaired) electrons. The van der Waals surface area contributed by atoms with E-state index in [9.17, 15) is 9.59 Å². The third kappa shape index (κ3) is 7.14. The van der Waals surface area contributed by atoms with Gasteiger partial charge in [-0.05, 0) is 25.7 Å². The van der Waals surface area contributed by atoms with Gasteiger partial charge in [0.1, 0.15) is 11.7 Å². The van der Waals surface area contributed by atoms with Gasteiger partial charge in [0.15, 0.2) is 0 Å². The lowest BCUT2D eigenvalue weighted by Crippen LogP contribution is -2.24. The molecule has 2 atom stereocenters. The highest BCUT2D eigenvalue weighted by molar-refractivity contribution is 5.98. The average molecular weight is 242 g/mol. The average Bonchev–Trinajstić information content (AvgIpc) is 2.34. The maximum atomic E-state index is 11.7. The van der Waals surface area contributed by atoms with Crippen LogP contribution < -0.4 is 0 Å². The molecule has 0 aliphatic heterocycles. The predicted molar refractivity (Wildman–Crippen MR) is 68.7 cm³/mol. The molecule has 0 bridgehead atoms. The first-order valence-corrected chi connectivity index (χ1v) is 6.72. The van der Waals surface area contributed by atoms with Crippen LogP contribution in [0, 0.1) is 11.8 Å². The fourth-order valence-corrected chi connectivity index (χ4v) is 1.38. The monoisotopic (exact) mass is 242 g/mol. The summed E-state index contributed by atoms with van der Waals surface area (Å²) < 4.78 is 5.04. The molecule has 0 rings (SSSR count). The molecule has 0 aliphatic carbocycles. The molecule has 0 saturated heterocycles. The molecule has 0 aromatic carbocycles. The van der Waals surface area contributed by atoms with Crippen molar-refractivity contribution in [3.05, 3.63) is 0 Å². The zero-order chi connectivity index (χ0) is 13.3. The molecule has 3 heteroatoms. The van der Waals surface area contributed by atoms with Crippen molar-refractivity contribution in [1.29, 1.82) is 0 Å². The number of rotatable bonds is 9. The van der Waals surface area contributed by atoms with Crippen LogP contribution in [0.2, 0.25) is 0 Å². The van der Waals surface area contributed by atoms with Crippen LogP contribution in [0.4, 0.5) is 0 Å². The van der Waals surface area contributed by atoms with Gasteiger partial charge in [-0.15, -0.1) is 0 Å². The number of hydrogen-bond acceptors (Lipinski definition) is 3. The molecule has 0 amide bonds. The highest BCUT2D eigenvalue weighted by Gasteiger charge is 2.22. The van der Waals surface area contributed by atoms with Crippen molar-refractivity contribution in [3.63, 3.8) is 0 Å². The third-order valence-electron chi connectivity index (χ3n) is 3.16. The molecule has 0 aromatic rings. The van der Waals surface area contributed by atoms with E-state index in [-0.39, 0.29) is 11.8 Å². The second-order valence-electron chi connectivity index (χ2n) is 4.76. The van der Waals surface area contributed by atoms with E-state index in [1.807, 2.05) is 6.92 Å². The Kier molecular flexibility index (Phi) is 8.73. The van der Waals surface area contributed by atoms with Crippen molar-refractivity contribution in [2.75, 3.05) is 6.61 Å². The fourth-order valence-electron chi connectivity index (χ4n) is 1.38. The van der Waals surface area contributed by atoms with Crippen LogP contribution in [0.15, 0.2) is 0 Å². The van der Waals surface area contributed by atoms with Crippen LogP contribution in [0.25, 0.3) is 0 Å². The van der Waals surface area contributed by atoms with Crippen LogP contribution in [0.3, 0.4) is 0 Å². The van der Waals surface area contributed by atoms with Crippen molar-refractivity contribution in [3.8, 4) is 0 Å². The summed E-state index contributed by atoms with van der Waals surface area (Å²) in [6.07, 6.45) is 4.27.